The first-order valence-corrected chi connectivity index (χ1v) is 9.79. The number of nitro groups is 1. The molecule has 0 spiro atoms. The largest absolute Gasteiger partial charge is 0.416 e. The lowest BCUT2D eigenvalue weighted by molar-refractivity contribution is -0.384. The van der Waals surface area contributed by atoms with Gasteiger partial charge < -0.3 is 4.90 Å². The third-order valence-electron chi connectivity index (χ3n) is 4.73. The summed E-state index contributed by atoms with van der Waals surface area (Å²) < 4.78 is 38.3. The summed E-state index contributed by atoms with van der Waals surface area (Å²) in [5.41, 5.74) is 2.44. The molecule has 1 aromatic heterocycles. The Kier molecular flexibility index (Phi) is 6.25. The molecule has 0 radical (unpaired) electrons. The Balaban J connectivity index is 1.57. The van der Waals surface area contributed by atoms with Crippen molar-refractivity contribution in [2.75, 3.05) is 18.5 Å². The molecular weight excluding hydrogens is 425 g/mol. The average Bonchev–Trinajstić information content (AvgIpc) is 3.25. The fourth-order valence-electron chi connectivity index (χ4n) is 3.10. The number of likely N-dealkylation sites (tertiary alicyclic amines) is 1. The van der Waals surface area contributed by atoms with Crippen molar-refractivity contribution in [3.8, 4) is 0 Å². The van der Waals surface area contributed by atoms with Crippen LogP contribution in [0.25, 0.3) is 0 Å². The van der Waals surface area contributed by atoms with Gasteiger partial charge in [0.05, 0.1) is 15.4 Å². The predicted molar refractivity (Wildman–Crippen MR) is 103 cm³/mol. The van der Waals surface area contributed by atoms with Crippen molar-refractivity contribution in [1.29, 1.82) is 0 Å². The molecule has 1 saturated heterocycles. The minimum absolute atomic E-state index is 0.0950. The Labute approximate surface area is 172 Å². The monoisotopic (exact) mass is 442 g/mol. The molecule has 160 valence electrons. The summed E-state index contributed by atoms with van der Waals surface area (Å²) in [6, 6.07) is 5.50. The van der Waals surface area contributed by atoms with Gasteiger partial charge >= 0.3 is 6.18 Å². The predicted octanol–water partition coefficient (Wildman–Crippen LogP) is 3.67. The van der Waals surface area contributed by atoms with Gasteiger partial charge in [-0.3, -0.25) is 30.6 Å². The smallest absolute Gasteiger partial charge is 0.338 e. The van der Waals surface area contributed by atoms with Crippen LogP contribution in [0.4, 0.5) is 24.5 Å². The number of benzene rings is 1. The van der Waals surface area contributed by atoms with Crippen LogP contribution in [0, 0.1) is 16.0 Å². The summed E-state index contributed by atoms with van der Waals surface area (Å²) in [6.07, 6.45) is -3.92. The first-order chi connectivity index (χ1) is 14.2. The van der Waals surface area contributed by atoms with Crippen molar-refractivity contribution in [1.82, 2.24) is 10.3 Å². The van der Waals surface area contributed by atoms with Gasteiger partial charge in [-0.15, -0.1) is 11.3 Å². The van der Waals surface area contributed by atoms with E-state index in [-0.39, 0.29) is 11.6 Å². The Morgan fingerprint density at radius 3 is 2.47 bits per heavy atom. The van der Waals surface area contributed by atoms with Crippen molar-refractivity contribution < 1.29 is 27.7 Å². The highest BCUT2D eigenvalue weighted by molar-refractivity contribution is 7.12. The van der Waals surface area contributed by atoms with Crippen LogP contribution >= 0.6 is 11.3 Å². The van der Waals surface area contributed by atoms with Gasteiger partial charge in [-0.1, -0.05) is 6.07 Å². The molecule has 0 atom stereocenters. The van der Waals surface area contributed by atoms with Crippen LogP contribution in [-0.2, 0) is 11.0 Å². The van der Waals surface area contributed by atoms with Gasteiger partial charge in [-0.05, 0) is 36.4 Å². The van der Waals surface area contributed by atoms with E-state index in [2.05, 4.69) is 10.9 Å². The number of carbonyl (C=O) groups excluding carboxylic acids is 2. The molecule has 8 nitrogen and oxygen atoms in total. The first kappa shape index (κ1) is 21.6. The number of nitrogens with zero attached hydrogens (tertiary/aromatic N) is 2. The highest BCUT2D eigenvalue weighted by Crippen LogP contribution is 2.34. The minimum atomic E-state index is -4.72. The quantitative estimate of drug-likeness (QED) is 0.543. The molecule has 2 aromatic rings. The SMILES string of the molecule is O=C(NNc1ccc(C(F)(F)F)cc1[N+](=O)[O-])C1CCN(C(=O)c2cccs2)CC1. The van der Waals surface area contributed by atoms with Crippen molar-refractivity contribution in [2.45, 2.75) is 19.0 Å². The van der Waals surface area contributed by atoms with E-state index in [9.17, 15) is 32.9 Å². The lowest BCUT2D eigenvalue weighted by Gasteiger charge is -2.31. The number of alkyl halides is 3. The second kappa shape index (κ2) is 8.69. The summed E-state index contributed by atoms with van der Waals surface area (Å²) in [5, 5.41) is 12.9. The number of hydrogen-bond acceptors (Lipinski definition) is 6. The average molecular weight is 442 g/mol. The summed E-state index contributed by atoms with van der Waals surface area (Å²) in [6.45, 7) is 0.768. The van der Waals surface area contributed by atoms with Crippen LogP contribution in [0.2, 0.25) is 0 Å². The number of rotatable bonds is 5. The topological polar surface area (TPSA) is 105 Å². The number of carbonyl (C=O) groups is 2. The van der Waals surface area contributed by atoms with Crippen molar-refractivity contribution in [2.24, 2.45) is 5.92 Å². The lowest BCUT2D eigenvalue weighted by atomic mass is 9.96. The maximum atomic E-state index is 12.8. The Morgan fingerprint density at radius 1 is 1.20 bits per heavy atom. The third-order valence-corrected chi connectivity index (χ3v) is 5.58. The minimum Gasteiger partial charge on any atom is -0.338 e. The third kappa shape index (κ3) is 4.87. The molecule has 0 saturated carbocycles. The highest BCUT2D eigenvalue weighted by Gasteiger charge is 2.33. The molecule has 1 aromatic carbocycles. The van der Waals surface area contributed by atoms with E-state index in [0.717, 1.165) is 6.07 Å². The second-order valence-corrected chi connectivity index (χ2v) is 7.59. The number of anilines is 1. The van der Waals surface area contributed by atoms with Crippen LogP contribution in [0.3, 0.4) is 0 Å². The van der Waals surface area contributed by atoms with Crippen molar-refractivity contribution in [3.63, 3.8) is 0 Å². The maximum absolute atomic E-state index is 12.8. The Bertz CT molecular complexity index is 941. The zero-order valence-electron chi connectivity index (χ0n) is 15.4. The molecule has 0 bridgehead atoms. The lowest BCUT2D eigenvalue weighted by Crippen LogP contribution is -2.44. The first-order valence-electron chi connectivity index (χ1n) is 8.91. The zero-order valence-corrected chi connectivity index (χ0v) is 16.3. The number of piperidine rings is 1. The van der Waals surface area contributed by atoms with E-state index in [0.29, 0.717) is 42.9 Å². The number of hydrazine groups is 1. The van der Waals surface area contributed by atoms with Gasteiger partial charge in [0, 0.05) is 25.1 Å². The molecule has 2 heterocycles. The summed E-state index contributed by atoms with van der Waals surface area (Å²) in [5.74, 6) is -0.979. The molecule has 3 rings (SSSR count). The van der Waals surface area contributed by atoms with Gasteiger partial charge in [0.15, 0.2) is 0 Å². The molecule has 30 heavy (non-hydrogen) atoms. The fourth-order valence-corrected chi connectivity index (χ4v) is 3.79. The number of nitro benzene ring substituents is 1. The molecule has 0 unspecified atom stereocenters. The molecule has 0 aliphatic carbocycles. The van der Waals surface area contributed by atoms with E-state index >= 15 is 0 Å². The second-order valence-electron chi connectivity index (χ2n) is 6.64. The molecule has 2 N–H and O–H groups in total. The standard InChI is InChI=1S/C18H17F3N4O4S/c19-18(20,21)12-3-4-13(14(10-12)25(28)29)22-23-16(26)11-5-7-24(8-6-11)17(27)15-2-1-9-30-15/h1-4,9-11,22H,5-8H2,(H,23,26). The van der Waals surface area contributed by atoms with E-state index < -0.39 is 34.2 Å². The normalized spacial score (nSPS) is 15.0. The summed E-state index contributed by atoms with van der Waals surface area (Å²) in [7, 11) is 0. The summed E-state index contributed by atoms with van der Waals surface area (Å²) in [4.78, 5) is 37.1. The molecular formula is C18H17F3N4O4S. The van der Waals surface area contributed by atoms with Gasteiger partial charge in [-0.2, -0.15) is 13.2 Å². The number of nitrogens with one attached hydrogen (secondary N) is 2. The number of amides is 2. The van der Waals surface area contributed by atoms with Gasteiger partial charge in [0.1, 0.15) is 5.69 Å². The molecule has 1 fully saturated rings. The van der Waals surface area contributed by atoms with E-state index in [1.807, 2.05) is 0 Å². The fraction of sp³-hybridized carbons (Fsp3) is 0.333. The van der Waals surface area contributed by atoms with Crippen LogP contribution < -0.4 is 10.9 Å². The van der Waals surface area contributed by atoms with Crippen molar-refractivity contribution in [3.05, 3.63) is 56.3 Å². The van der Waals surface area contributed by atoms with Crippen molar-refractivity contribution >= 4 is 34.5 Å². The molecule has 1 aliphatic rings. The van der Waals surface area contributed by atoms with Crippen LogP contribution in [0.1, 0.15) is 28.1 Å². The molecule has 12 heteroatoms. The Morgan fingerprint density at radius 2 is 1.90 bits per heavy atom. The van der Waals surface area contributed by atoms with E-state index in [1.54, 1.807) is 22.4 Å². The number of thiophene rings is 1. The zero-order chi connectivity index (χ0) is 21.9. The van der Waals surface area contributed by atoms with Crippen LogP contribution in [0.15, 0.2) is 35.7 Å². The highest BCUT2D eigenvalue weighted by atomic mass is 32.1. The van der Waals surface area contributed by atoms with E-state index in [1.165, 1.54) is 11.3 Å². The molecule has 2 amide bonds. The van der Waals surface area contributed by atoms with Crippen LogP contribution in [-0.4, -0.2) is 34.7 Å². The Hall–Kier alpha value is -3.15. The maximum Gasteiger partial charge on any atom is 0.416 e. The van der Waals surface area contributed by atoms with Crippen LogP contribution in [0.5, 0.6) is 0 Å². The van der Waals surface area contributed by atoms with E-state index in [4.69, 9.17) is 0 Å². The van der Waals surface area contributed by atoms with Gasteiger partial charge in [-0.25, -0.2) is 0 Å². The molecule has 1 aliphatic heterocycles. The number of hydrogen-bond donors (Lipinski definition) is 2. The van der Waals surface area contributed by atoms with Gasteiger partial charge in [0.25, 0.3) is 11.6 Å². The van der Waals surface area contributed by atoms with Gasteiger partial charge in [0.2, 0.25) is 5.91 Å². The number of halogens is 3. The summed E-state index contributed by atoms with van der Waals surface area (Å²) >= 11 is 1.34.